The number of nitrogens with zero attached hydrogens (tertiary/aromatic N) is 1. The Morgan fingerprint density at radius 1 is 1.44 bits per heavy atom. The molecule has 1 heterocycles. The maximum absolute atomic E-state index is 11.4. The molecule has 5 heteroatoms. The first kappa shape index (κ1) is 12.6. The summed E-state index contributed by atoms with van der Waals surface area (Å²) < 4.78 is 4.81. The number of ketones is 1. The molecule has 0 spiro atoms. The van der Waals surface area contributed by atoms with Gasteiger partial charge in [-0.05, 0) is 26.0 Å². The third-order valence-corrected chi connectivity index (χ3v) is 2.12. The third kappa shape index (κ3) is 3.03. The molecule has 86 valence electrons. The molecule has 0 aliphatic rings. The first-order chi connectivity index (χ1) is 7.58. The normalized spacial score (nSPS) is 9.94. The standard InChI is InChI=1S/C11H12ClNO3/c1-3-16-11(15)9-5-8(10(14)6-12)4-7(2)13-9/h4-5H,3,6H2,1-2H3. The summed E-state index contributed by atoms with van der Waals surface area (Å²) in [5, 5.41) is 0. The average molecular weight is 242 g/mol. The molecule has 0 aliphatic carbocycles. The molecule has 0 radical (unpaired) electrons. The summed E-state index contributed by atoms with van der Waals surface area (Å²) in [5.74, 6) is -0.890. The van der Waals surface area contributed by atoms with Crippen molar-refractivity contribution in [3.05, 3.63) is 29.1 Å². The van der Waals surface area contributed by atoms with Crippen molar-refractivity contribution in [2.24, 2.45) is 0 Å². The number of carbonyl (C=O) groups excluding carboxylic acids is 2. The molecule has 0 saturated carbocycles. The fourth-order valence-electron chi connectivity index (χ4n) is 1.22. The fourth-order valence-corrected chi connectivity index (χ4v) is 1.37. The maximum atomic E-state index is 11.4. The van der Waals surface area contributed by atoms with Gasteiger partial charge >= 0.3 is 5.97 Å². The molecule has 0 N–H and O–H groups in total. The third-order valence-electron chi connectivity index (χ3n) is 1.88. The Labute approximate surface area is 98.6 Å². The lowest BCUT2D eigenvalue weighted by Gasteiger charge is -2.04. The van der Waals surface area contributed by atoms with Crippen LogP contribution < -0.4 is 0 Å². The molecule has 0 fully saturated rings. The van der Waals surface area contributed by atoms with Crippen LogP contribution in [0.3, 0.4) is 0 Å². The molecule has 16 heavy (non-hydrogen) atoms. The van der Waals surface area contributed by atoms with E-state index in [4.69, 9.17) is 16.3 Å². The maximum Gasteiger partial charge on any atom is 0.356 e. The van der Waals surface area contributed by atoms with Crippen LogP contribution in [0.1, 0.15) is 33.5 Å². The van der Waals surface area contributed by atoms with Gasteiger partial charge in [-0.3, -0.25) is 4.79 Å². The second kappa shape index (κ2) is 5.61. The molecule has 0 aliphatic heterocycles. The molecule has 1 aromatic rings. The van der Waals surface area contributed by atoms with Crippen molar-refractivity contribution in [2.45, 2.75) is 13.8 Å². The van der Waals surface area contributed by atoms with Crippen molar-refractivity contribution in [1.29, 1.82) is 0 Å². The van der Waals surface area contributed by atoms with E-state index in [1.807, 2.05) is 0 Å². The first-order valence-electron chi connectivity index (χ1n) is 4.83. The van der Waals surface area contributed by atoms with E-state index in [1.165, 1.54) is 6.07 Å². The number of aryl methyl sites for hydroxylation is 1. The van der Waals surface area contributed by atoms with Gasteiger partial charge in [-0.25, -0.2) is 9.78 Å². The molecule has 0 bridgehead atoms. The molecular weight excluding hydrogens is 230 g/mol. The van der Waals surface area contributed by atoms with E-state index in [0.29, 0.717) is 11.3 Å². The second-order valence-corrected chi connectivity index (χ2v) is 3.43. The molecule has 0 saturated heterocycles. The minimum Gasteiger partial charge on any atom is -0.461 e. The quantitative estimate of drug-likeness (QED) is 0.460. The Balaban J connectivity index is 3.07. The number of ether oxygens (including phenoxy) is 1. The van der Waals surface area contributed by atoms with Crippen LogP contribution in [0.2, 0.25) is 0 Å². The zero-order chi connectivity index (χ0) is 12.1. The molecule has 0 amide bonds. The zero-order valence-corrected chi connectivity index (χ0v) is 9.87. The first-order valence-corrected chi connectivity index (χ1v) is 5.37. The van der Waals surface area contributed by atoms with Crippen molar-refractivity contribution < 1.29 is 14.3 Å². The minimum absolute atomic E-state index is 0.119. The average Bonchev–Trinajstić information content (AvgIpc) is 2.27. The predicted octanol–water partition coefficient (Wildman–Crippen LogP) is 1.99. The summed E-state index contributed by atoms with van der Waals surface area (Å²) in [6, 6.07) is 2.99. The number of Topliss-reactive ketones (excluding diaryl/α,β-unsaturated/α-hetero) is 1. The number of alkyl halides is 1. The highest BCUT2D eigenvalue weighted by atomic mass is 35.5. The van der Waals surface area contributed by atoms with Crippen molar-refractivity contribution in [2.75, 3.05) is 12.5 Å². The van der Waals surface area contributed by atoms with Gasteiger partial charge in [0.1, 0.15) is 5.69 Å². The van der Waals surface area contributed by atoms with E-state index in [-0.39, 0.29) is 24.0 Å². The van der Waals surface area contributed by atoms with Crippen LogP contribution in [0.25, 0.3) is 0 Å². The molecule has 0 aromatic carbocycles. The summed E-state index contributed by atoms with van der Waals surface area (Å²) in [7, 11) is 0. The number of halogens is 1. The van der Waals surface area contributed by atoms with E-state index in [2.05, 4.69) is 4.98 Å². The van der Waals surface area contributed by atoms with Gasteiger partial charge in [-0.2, -0.15) is 0 Å². The van der Waals surface area contributed by atoms with Crippen molar-refractivity contribution >= 4 is 23.4 Å². The van der Waals surface area contributed by atoms with Crippen LogP contribution in [0.15, 0.2) is 12.1 Å². The van der Waals surface area contributed by atoms with Gasteiger partial charge in [0.15, 0.2) is 5.78 Å². The number of esters is 1. The van der Waals surface area contributed by atoms with Crippen LogP contribution in [-0.4, -0.2) is 29.2 Å². The zero-order valence-electron chi connectivity index (χ0n) is 9.12. The number of carbonyl (C=O) groups is 2. The van der Waals surface area contributed by atoms with Gasteiger partial charge in [0.25, 0.3) is 0 Å². The summed E-state index contributed by atoms with van der Waals surface area (Å²) >= 11 is 5.45. The monoisotopic (exact) mass is 241 g/mol. The fraction of sp³-hybridized carbons (Fsp3) is 0.364. The lowest BCUT2D eigenvalue weighted by Crippen LogP contribution is -2.11. The van der Waals surface area contributed by atoms with Gasteiger partial charge in [0.05, 0.1) is 12.5 Å². The summed E-state index contributed by atoms with van der Waals surface area (Å²) in [6.07, 6.45) is 0. The molecule has 0 unspecified atom stereocenters. The van der Waals surface area contributed by atoms with Crippen molar-refractivity contribution in [3.8, 4) is 0 Å². The second-order valence-electron chi connectivity index (χ2n) is 3.16. The number of hydrogen-bond donors (Lipinski definition) is 0. The highest BCUT2D eigenvalue weighted by Gasteiger charge is 2.13. The van der Waals surface area contributed by atoms with Gasteiger partial charge < -0.3 is 4.74 Å². The molecule has 1 aromatic heterocycles. The number of aromatic nitrogens is 1. The minimum atomic E-state index is -0.533. The van der Waals surface area contributed by atoms with Crippen molar-refractivity contribution in [1.82, 2.24) is 4.98 Å². The highest BCUT2D eigenvalue weighted by Crippen LogP contribution is 2.08. The van der Waals surface area contributed by atoms with Gasteiger partial charge in [0.2, 0.25) is 0 Å². The van der Waals surface area contributed by atoms with E-state index in [1.54, 1.807) is 19.9 Å². The van der Waals surface area contributed by atoms with E-state index >= 15 is 0 Å². The van der Waals surface area contributed by atoms with Crippen LogP contribution in [0, 0.1) is 6.92 Å². The van der Waals surface area contributed by atoms with Crippen molar-refractivity contribution in [3.63, 3.8) is 0 Å². The van der Waals surface area contributed by atoms with Crippen LogP contribution in [0.5, 0.6) is 0 Å². The lowest BCUT2D eigenvalue weighted by molar-refractivity contribution is 0.0519. The molecule has 4 nitrogen and oxygen atoms in total. The van der Waals surface area contributed by atoms with E-state index in [0.717, 1.165) is 0 Å². The largest absolute Gasteiger partial charge is 0.461 e. The topological polar surface area (TPSA) is 56.3 Å². The number of pyridine rings is 1. The van der Waals surface area contributed by atoms with Gasteiger partial charge in [0, 0.05) is 11.3 Å². The molecule has 0 atom stereocenters. The Hall–Kier alpha value is -1.42. The number of hydrogen-bond acceptors (Lipinski definition) is 4. The SMILES string of the molecule is CCOC(=O)c1cc(C(=O)CCl)cc(C)n1. The molecular formula is C11H12ClNO3. The van der Waals surface area contributed by atoms with Crippen LogP contribution in [0.4, 0.5) is 0 Å². The lowest BCUT2D eigenvalue weighted by atomic mass is 10.1. The van der Waals surface area contributed by atoms with E-state index in [9.17, 15) is 9.59 Å². The highest BCUT2D eigenvalue weighted by molar-refractivity contribution is 6.30. The smallest absolute Gasteiger partial charge is 0.356 e. The summed E-state index contributed by atoms with van der Waals surface area (Å²) in [6.45, 7) is 3.68. The Morgan fingerprint density at radius 2 is 2.12 bits per heavy atom. The summed E-state index contributed by atoms with van der Waals surface area (Å²) in [4.78, 5) is 26.8. The van der Waals surface area contributed by atoms with Crippen LogP contribution in [-0.2, 0) is 4.74 Å². The molecule has 1 rings (SSSR count). The Morgan fingerprint density at radius 3 is 2.69 bits per heavy atom. The van der Waals surface area contributed by atoms with Gasteiger partial charge in [-0.15, -0.1) is 11.6 Å². The Bertz CT molecular complexity index is 418. The van der Waals surface area contributed by atoms with Gasteiger partial charge in [-0.1, -0.05) is 0 Å². The Kier molecular flexibility index (Phi) is 4.43. The number of rotatable bonds is 4. The summed E-state index contributed by atoms with van der Waals surface area (Å²) in [5.41, 5.74) is 1.10. The van der Waals surface area contributed by atoms with E-state index < -0.39 is 5.97 Å². The predicted molar refractivity (Wildman–Crippen MR) is 60.0 cm³/mol. The van der Waals surface area contributed by atoms with Crippen LogP contribution >= 0.6 is 11.6 Å².